The molecule has 1 aromatic rings. The number of methoxy groups -OCH3 is 1. The van der Waals surface area contributed by atoms with E-state index in [1.54, 1.807) is 20.8 Å². The Labute approximate surface area is 219 Å². The van der Waals surface area contributed by atoms with Gasteiger partial charge < -0.3 is 30.2 Å². The molecule has 1 aliphatic rings. The van der Waals surface area contributed by atoms with Crippen molar-refractivity contribution in [3.05, 3.63) is 35.9 Å². The number of hydrogen-bond donors (Lipinski definition) is 3. The number of alkyl carbamates (subject to hydrolysis) is 2. The van der Waals surface area contributed by atoms with Crippen LogP contribution in [0.3, 0.4) is 0 Å². The van der Waals surface area contributed by atoms with Crippen LogP contribution < -0.4 is 16.0 Å². The molecule has 0 aromatic heterocycles. The van der Waals surface area contributed by atoms with Crippen molar-refractivity contribution in [2.24, 2.45) is 5.92 Å². The molecule has 1 aliphatic carbocycles. The molecule has 0 radical (unpaired) electrons. The molecule has 10 heteroatoms. The second-order valence-electron chi connectivity index (χ2n) is 10.3. The first kappa shape index (κ1) is 29.9. The van der Waals surface area contributed by atoms with Gasteiger partial charge in [-0.2, -0.15) is 0 Å². The van der Waals surface area contributed by atoms with E-state index < -0.39 is 23.8 Å². The molecule has 206 valence electrons. The van der Waals surface area contributed by atoms with Gasteiger partial charge >= 0.3 is 18.2 Å². The number of hydrogen-bond acceptors (Lipinski definition) is 7. The molecule has 3 amide bonds. The minimum atomic E-state index is -0.633. The predicted octanol–water partition coefficient (Wildman–Crippen LogP) is 3.82. The highest BCUT2D eigenvalue weighted by Crippen LogP contribution is 2.25. The van der Waals surface area contributed by atoms with Crippen molar-refractivity contribution in [1.29, 1.82) is 0 Å². The molecule has 1 fully saturated rings. The van der Waals surface area contributed by atoms with Gasteiger partial charge in [0.25, 0.3) is 0 Å². The molecule has 0 heterocycles. The SMILES string of the molecule is COC(=O)C1CCCCC1NC(=O)CC(CCCNC(=O)OC(C)(C)C)NC(=O)OCc1ccccc1. The lowest BCUT2D eigenvalue weighted by atomic mass is 9.84. The molecule has 37 heavy (non-hydrogen) atoms. The molecule has 1 saturated carbocycles. The number of nitrogens with one attached hydrogen (secondary N) is 3. The molecular weight excluding hydrogens is 478 g/mol. The zero-order chi connectivity index (χ0) is 27.3. The van der Waals surface area contributed by atoms with E-state index >= 15 is 0 Å². The van der Waals surface area contributed by atoms with Crippen LogP contribution in [0, 0.1) is 5.92 Å². The predicted molar refractivity (Wildman–Crippen MR) is 138 cm³/mol. The van der Waals surface area contributed by atoms with Crippen molar-refractivity contribution in [3.8, 4) is 0 Å². The zero-order valence-electron chi connectivity index (χ0n) is 22.3. The molecule has 0 aliphatic heterocycles. The van der Waals surface area contributed by atoms with Crippen molar-refractivity contribution in [3.63, 3.8) is 0 Å². The van der Waals surface area contributed by atoms with Gasteiger partial charge in [-0.3, -0.25) is 9.59 Å². The molecule has 10 nitrogen and oxygen atoms in total. The third-order valence-corrected chi connectivity index (χ3v) is 5.98. The highest BCUT2D eigenvalue weighted by atomic mass is 16.6. The summed E-state index contributed by atoms with van der Waals surface area (Å²) in [5, 5.41) is 8.41. The van der Waals surface area contributed by atoms with Gasteiger partial charge in [0, 0.05) is 25.0 Å². The van der Waals surface area contributed by atoms with E-state index in [9.17, 15) is 19.2 Å². The summed E-state index contributed by atoms with van der Waals surface area (Å²) in [6.45, 7) is 5.77. The van der Waals surface area contributed by atoms with E-state index in [0.29, 0.717) is 32.2 Å². The Morgan fingerprint density at radius 1 is 1.03 bits per heavy atom. The number of amides is 3. The normalized spacial score (nSPS) is 18.2. The van der Waals surface area contributed by atoms with Gasteiger partial charge in [0.1, 0.15) is 12.2 Å². The number of carbonyl (C=O) groups excluding carboxylic acids is 4. The van der Waals surface area contributed by atoms with Crippen LogP contribution in [-0.4, -0.2) is 55.4 Å². The van der Waals surface area contributed by atoms with Crippen LogP contribution in [0.2, 0.25) is 0 Å². The summed E-state index contributed by atoms with van der Waals surface area (Å²) in [4.78, 5) is 49.4. The Bertz CT molecular complexity index is 886. The van der Waals surface area contributed by atoms with Crippen LogP contribution >= 0.6 is 0 Å². The maximum Gasteiger partial charge on any atom is 0.407 e. The maximum atomic E-state index is 12.9. The molecule has 3 N–H and O–H groups in total. The van der Waals surface area contributed by atoms with E-state index in [2.05, 4.69) is 16.0 Å². The number of carbonyl (C=O) groups is 4. The Balaban J connectivity index is 1.91. The largest absolute Gasteiger partial charge is 0.469 e. The Hall–Kier alpha value is -3.30. The van der Waals surface area contributed by atoms with Crippen LogP contribution in [0.4, 0.5) is 9.59 Å². The molecule has 0 spiro atoms. The first-order valence-corrected chi connectivity index (χ1v) is 12.9. The lowest BCUT2D eigenvalue weighted by Crippen LogP contribution is -2.47. The van der Waals surface area contributed by atoms with Gasteiger partial charge in [-0.15, -0.1) is 0 Å². The van der Waals surface area contributed by atoms with Crippen molar-refractivity contribution in [2.75, 3.05) is 13.7 Å². The van der Waals surface area contributed by atoms with Gasteiger partial charge in [0.15, 0.2) is 0 Å². The van der Waals surface area contributed by atoms with Crippen LogP contribution in [0.1, 0.15) is 71.3 Å². The fourth-order valence-electron chi connectivity index (χ4n) is 4.24. The fourth-order valence-corrected chi connectivity index (χ4v) is 4.24. The molecule has 1 aromatic carbocycles. The third kappa shape index (κ3) is 12.0. The topological polar surface area (TPSA) is 132 Å². The number of esters is 1. The summed E-state index contributed by atoms with van der Waals surface area (Å²) in [5.41, 5.74) is 0.246. The first-order chi connectivity index (χ1) is 17.6. The molecule has 3 unspecified atom stereocenters. The Morgan fingerprint density at radius 2 is 1.73 bits per heavy atom. The lowest BCUT2D eigenvalue weighted by Gasteiger charge is -2.30. The fraction of sp³-hybridized carbons (Fsp3) is 0.630. The van der Waals surface area contributed by atoms with Crippen LogP contribution in [-0.2, 0) is 30.4 Å². The molecule has 3 atom stereocenters. The van der Waals surface area contributed by atoms with Crippen molar-refractivity contribution >= 4 is 24.1 Å². The number of benzene rings is 1. The molecule has 2 rings (SSSR count). The molecule has 0 bridgehead atoms. The summed E-state index contributed by atoms with van der Waals surface area (Å²) in [6.07, 6.45) is 2.98. The Morgan fingerprint density at radius 3 is 2.41 bits per heavy atom. The number of rotatable bonds is 11. The standard InChI is InChI=1S/C27H41N3O7/c1-27(2,3)37-25(33)28-16-10-13-20(29-26(34)36-18-19-11-6-5-7-12-19)17-23(31)30-22-15-9-8-14-21(22)24(32)35-4/h5-7,11-12,20-22H,8-10,13-18H2,1-4H3,(H,28,33)(H,29,34)(H,30,31). The van der Waals surface area contributed by atoms with Crippen LogP contribution in [0.15, 0.2) is 30.3 Å². The van der Waals surface area contributed by atoms with Gasteiger partial charge in [0.05, 0.1) is 13.0 Å². The van der Waals surface area contributed by atoms with Gasteiger partial charge in [-0.05, 0) is 52.0 Å². The van der Waals surface area contributed by atoms with Gasteiger partial charge in [-0.1, -0.05) is 43.2 Å². The van der Waals surface area contributed by atoms with Crippen molar-refractivity contribution in [1.82, 2.24) is 16.0 Å². The second kappa shape index (κ2) is 15.1. The third-order valence-electron chi connectivity index (χ3n) is 5.98. The highest BCUT2D eigenvalue weighted by Gasteiger charge is 2.33. The van der Waals surface area contributed by atoms with E-state index in [4.69, 9.17) is 14.2 Å². The summed E-state index contributed by atoms with van der Waals surface area (Å²) < 4.78 is 15.5. The van der Waals surface area contributed by atoms with Crippen LogP contribution in [0.5, 0.6) is 0 Å². The quantitative estimate of drug-likeness (QED) is 0.230. The average molecular weight is 520 g/mol. The minimum absolute atomic E-state index is 0.0112. The van der Waals surface area contributed by atoms with Crippen molar-refractivity contribution < 1.29 is 33.4 Å². The van der Waals surface area contributed by atoms with E-state index in [1.807, 2.05) is 30.3 Å². The minimum Gasteiger partial charge on any atom is -0.469 e. The average Bonchev–Trinajstić information content (AvgIpc) is 2.84. The number of ether oxygens (including phenoxy) is 3. The van der Waals surface area contributed by atoms with E-state index in [0.717, 1.165) is 18.4 Å². The highest BCUT2D eigenvalue weighted by molar-refractivity contribution is 5.80. The zero-order valence-corrected chi connectivity index (χ0v) is 22.3. The van der Waals surface area contributed by atoms with Gasteiger partial charge in [-0.25, -0.2) is 9.59 Å². The Kier molecular flexibility index (Phi) is 12.2. The van der Waals surface area contributed by atoms with E-state index in [1.165, 1.54) is 7.11 Å². The first-order valence-electron chi connectivity index (χ1n) is 12.9. The summed E-state index contributed by atoms with van der Waals surface area (Å²) in [7, 11) is 1.35. The molecular formula is C27H41N3O7. The smallest absolute Gasteiger partial charge is 0.407 e. The van der Waals surface area contributed by atoms with Crippen molar-refractivity contribution in [2.45, 2.75) is 90.0 Å². The monoisotopic (exact) mass is 519 g/mol. The summed E-state index contributed by atoms with van der Waals surface area (Å²) in [6, 6.07) is 8.46. The molecule has 0 saturated heterocycles. The maximum absolute atomic E-state index is 12.9. The van der Waals surface area contributed by atoms with Gasteiger partial charge in [0.2, 0.25) is 5.91 Å². The van der Waals surface area contributed by atoms with E-state index in [-0.39, 0.29) is 36.9 Å². The summed E-state index contributed by atoms with van der Waals surface area (Å²) in [5.74, 6) is -0.963. The summed E-state index contributed by atoms with van der Waals surface area (Å²) >= 11 is 0. The lowest BCUT2D eigenvalue weighted by molar-refractivity contribution is -0.147. The second-order valence-corrected chi connectivity index (χ2v) is 10.3. The van der Waals surface area contributed by atoms with Crippen LogP contribution in [0.25, 0.3) is 0 Å².